The highest BCUT2D eigenvalue weighted by atomic mass is 16.5. The lowest BCUT2D eigenvalue weighted by Crippen LogP contribution is -2.29. The zero-order valence-corrected chi connectivity index (χ0v) is 18.8. The molecule has 4 aromatic rings. The topological polar surface area (TPSA) is 80.6 Å². The fourth-order valence-electron chi connectivity index (χ4n) is 4.71. The third-order valence-corrected chi connectivity index (χ3v) is 6.37. The molecule has 1 aliphatic carbocycles. The summed E-state index contributed by atoms with van der Waals surface area (Å²) in [7, 11) is 0. The second kappa shape index (κ2) is 9.43. The van der Waals surface area contributed by atoms with Gasteiger partial charge in [0.1, 0.15) is 12.4 Å². The first-order chi connectivity index (χ1) is 16.6. The van der Waals surface area contributed by atoms with E-state index in [0.29, 0.717) is 17.9 Å². The molecule has 0 radical (unpaired) electrons. The van der Waals surface area contributed by atoms with E-state index in [1.807, 2.05) is 53.1 Å². The molecule has 1 aliphatic rings. The highest BCUT2D eigenvalue weighted by Crippen LogP contribution is 2.34. The van der Waals surface area contributed by atoms with E-state index in [1.54, 1.807) is 24.3 Å². The molecule has 3 aromatic carbocycles. The summed E-state index contributed by atoms with van der Waals surface area (Å²) >= 11 is 0. The van der Waals surface area contributed by atoms with E-state index in [0.717, 1.165) is 47.8 Å². The van der Waals surface area contributed by atoms with Gasteiger partial charge in [0, 0.05) is 23.2 Å². The summed E-state index contributed by atoms with van der Waals surface area (Å²) < 4.78 is 7.80. The first-order valence-electron chi connectivity index (χ1n) is 11.5. The molecule has 2 N–H and O–H groups in total. The van der Waals surface area contributed by atoms with E-state index >= 15 is 0 Å². The zero-order chi connectivity index (χ0) is 23.5. The number of ether oxygens (including phenoxy) is 1. The number of aryl methyl sites for hydroxylation is 1. The minimum absolute atomic E-state index is 0.124. The largest absolute Gasteiger partial charge is 0.489 e. The van der Waals surface area contributed by atoms with Gasteiger partial charge in [0.15, 0.2) is 0 Å². The summed E-state index contributed by atoms with van der Waals surface area (Å²) in [6.45, 7) is 0.632. The molecule has 1 heterocycles. The minimum Gasteiger partial charge on any atom is -0.489 e. The predicted octanol–water partition coefficient (Wildman–Crippen LogP) is 5.56. The Labute approximate surface area is 197 Å². The third-order valence-electron chi connectivity index (χ3n) is 6.37. The number of nitrogens with zero attached hydrogens (tertiary/aromatic N) is 1. The van der Waals surface area contributed by atoms with E-state index in [4.69, 9.17) is 4.74 Å². The lowest BCUT2D eigenvalue weighted by molar-refractivity contribution is 0.0694. The van der Waals surface area contributed by atoms with Crippen LogP contribution in [0.4, 0.5) is 4.79 Å². The minimum atomic E-state index is -0.970. The number of amides is 1. The first-order valence-corrected chi connectivity index (χ1v) is 11.5. The number of benzene rings is 3. The molecule has 5 rings (SSSR count). The maximum Gasteiger partial charge on any atom is 0.336 e. The van der Waals surface area contributed by atoms with E-state index in [1.165, 1.54) is 5.56 Å². The van der Waals surface area contributed by atoms with Crippen LogP contribution in [0.5, 0.6) is 5.75 Å². The molecular formula is C28H26N2O4. The lowest BCUT2D eigenvalue weighted by Gasteiger charge is -2.15. The van der Waals surface area contributed by atoms with Crippen LogP contribution in [0.2, 0.25) is 0 Å². The van der Waals surface area contributed by atoms with E-state index in [2.05, 4.69) is 5.32 Å². The normalized spacial score (nSPS) is 12.8. The number of aromatic nitrogens is 1. The van der Waals surface area contributed by atoms with Crippen molar-refractivity contribution in [2.75, 3.05) is 0 Å². The Morgan fingerprint density at radius 1 is 0.941 bits per heavy atom. The van der Waals surface area contributed by atoms with Crippen LogP contribution in [0.1, 0.15) is 45.6 Å². The fourth-order valence-corrected chi connectivity index (χ4v) is 4.71. The Hall–Kier alpha value is -4.06. The van der Waals surface area contributed by atoms with Crippen molar-refractivity contribution in [3.8, 4) is 5.75 Å². The van der Waals surface area contributed by atoms with Gasteiger partial charge in [-0.2, -0.15) is 0 Å². The summed E-state index contributed by atoms with van der Waals surface area (Å²) in [4.78, 5) is 24.7. The molecule has 1 aromatic heterocycles. The Morgan fingerprint density at radius 2 is 1.71 bits per heavy atom. The quantitative estimate of drug-likeness (QED) is 0.400. The van der Waals surface area contributed by atoms with Crippen molar-refractivity contribution in [3.63, 3.8) is 0 Å². The highest BCUT2D eigenvalue weighted by molar-refractivity contribution is 5.96. The summed E-state index contributed by atoms with van der Waals surface area (Å²) in [6.07, 6.45) is 3.94. The van der Waals surface area contributed by atoms with Crippen molar-refractivity contribution < 1.29 is 19.4 Å². The second-order valence-electron chi connectivity index (χ2n) is 8.54. The molecule has 6 nitrogen and oxygen atoms in total. The number of carboxylic acids is 1. The van der Waals surface area contributed by atoms with Crippen LogP contribution in [0.3, 0.4) is 0 Å². The lowest BCUT2D eigenvalue weighted by atomic mass is 9.95. The van der Waals surface area contributed by atoms with Gasteiger partial charge in [0.05, 0.1) is 11.1 Å². The van der Waals surface area contributed by atoms with E-state index in [-0.39, 0.29) is 18.2 Å². The van der Waals surface area contributed by atoms with Crippen molar-refractivity contribution in [2.24, 2.45) is 0 Å². The molecule has 6 heteroatoms. The fraction of sp³-hybridized carbons (Fsp3) is 0.214. The number of nitrogens with one attached hydrogen (secondary N) is 1. The van der Waals surface area contributed by atoms with E-state index in [9.17, 15) is 14.7 Å². The molecule has 0 unspecified atom stereocenters. The summed E-state index contributed by atoms with van der Waals surface area (Å²) in [6, 6.07) is 22.3. The van der Waals surface area contributed by atoms with Crippen LogP contribution < -0.4 is 10.1 Å². The van der Waals surface area contributed by atoms with Crippen LogP contribution in [0.15, 0.2) is 72.8 Å². The van der Waals surface area contributed by atoms with Gasteiger partial charge in [-0.3, -0.25) is 4.57 Å². The van der Waals surface area contributed by atoms with Crippen LogP contribution in [0, 0.1) is 0 Å². The highest BCUT2D eigenvalue weighted by Gasteiger charge is 2.24. The number of carboxylic acid groups (broad SMARTS) is 1. The second-order valence-corrected chi connectivity index (χ2v) is 8.54. The number of carbonyl (C=O) groups is 2. The number of fused-ring (bicyclic) bond motifs is 3. The molecule has 0 saturated carbocycles. The summed E-state index contributed by atoms with van der Waals surface area (Å²) in [5, 5.41) is 13.5. The summed E-state index contributed by atoms with van der Waals surface area (Å²) in [5.41, 5.74) is 5.05. The number of hydrogen-bond acceptors (Lipinski definition) is 3. The maximum atomic E-state index is 13.2. The molecule has 0 fully saturated rings. The van der Waals surface area contributed by atoms with Gasteiger partial charge in [0.25, 0.3) is 0 Å². The average molecular weight is 455 g/mol. The van der Waals surface area contributed by atoms with Gasteiger partial charge in [-0.25, -0.2) is 9.59 Å². The Bertz CT molecular complexity index is 1360. The Kier molecular flexibility index (Phi) is 6.04. The molecule has 0 spiro atoms. The van der Waals surface area contributed by atoms with Crippen LogP contribution in [0.25, 0.3) is 10.9 Å². The number of aromatic carboxylic acids is 1. The Morgan fingerprint density at radius 3 is 2.53 bits per heavy atom. The summed E-state index contributed by atoms with van der Waals surface area (Å²) in [5.74, 6) is -0.315. The van der Waals surface area contributed by atoms with Crippen molar-refractivity contribution in [2.45, 2.75) is 38.8 Å². The van der Waals surface area contributed by atoms with Gasteiger partial charge in [-0.1, -0.05) is 48.5 Å². The third kappa shape index (κ3) is 4.27. The van der Waals surface area contributed by atoms with Gasteiger partial charge >= 0.3 is 12.0 Å². The Balaban J connectivity index is 1.43. The molecular weight excluding hydrogens is 428 g/mol. The maximum absolute atomic E-state index is 13.2. The smallest absolute Gasteiger partial charge is 0.336 e. The molecule has 34 heavy (non-hydrogen) atoms. The average Bonchev–Trinajstić information content (AvgIpc) is 3.20. The number of carbonyl (C=O) groups excluding carboxylic acids is 1. The number of hydrogen-bond donors (Lipinski definition) is 2. The van der Waals surface area contributed by atoms with E-state index < -0.39 is 5.97 Å². The van der Waals surface area contributed by atoms with Gasteiger partial charge in [0.2, 0.25) is 0 Å². The standard InChI is InChI=1S/C28H26N2O4/c31-27(32)22-11-5-4-10-20(22)18-34-21-14-15-26-24(16-21)23-12-6-7-13-25(23)30(26)28(33)29-17-19-8-2-1-3-9-19/h1-5,8-11,14-16H,6-7,12-13,17-18H2,(H,29,33)(H,31,32). The van der Waals surface area contributed by atoms with Crippen molar-refractivity contribution in [3.05, 3.63) is 101 Å². The van der Waals surface area contributed by atoms with Gasteiger partial charge < -0.3 is 15.2 Å². The van der Waals surface area contributed by atoms with Gasteiger partial charge in [-0.15, -0.1) is 0 Å². The SMILES string of the molecule is O=C(O)c1ccccc1COc1ccc2c(c1)c1c(n2C(=O)NCc2ccccc2)CCCC1. The predicted molar refractivity (Wildman–Crippen MR) is 130 cm³/mol. The molecule has 0 saturated heterocycles. The molecule has 0 bridgehead atoms. The van der Waals surface area contributed by atoms with Crippen molar-refractivity contribution in [1.29, 1.82) is 0 Å². The van der Waals surface area contributed by atoms with Crippen molar-refractivity contribution in [1.82, 2.24) is 9.88 Å². The van der Waals surface area contributed by atoms with Crippen LogP contribution in [-0.2, 0) is 26.0 Å². The van der Waals surface area contributed by atoms with Crippen LogP contribution >= 0.6 is 0 Å². The zero-order valence-electron chi connectivity index (χ0n) is 18.8. The molecule has 0 aliphatic heterocycles. The van der Waals surface area contributed by atoms with Crippen LogP contribution in [-0.4, -0.2) is 21.7 Å². The number of rotatable bonds is 6. The molecule has 172 valence electrons. The van der Waals surface area contributed by atoms with Gasteiger partial charge in [-0.05, 0) is 61.1 Å². The molecule has 0 atom stereocenters. The monoisotopic (exact) mass is 454 g/mol. The van der Waals surface area contributed by atoms with Crippen molar-refractivity contribution >= 4 is 22.9 Å². The first kappa shape index (κ1) is 21.8. The molecule has 1 amide bonds.